The number of piperidine rings is 1. The summed E-state index contributed by atoms with van der Waals surface area (Å²) in [6, 6.07) is 7.17. The number of carbonyl (C=O) groups is 2. The SMILES string of the molecule is O=C(CCc1cccc(Br)c1)N1CCC(NC(=O)C(F)(F)F)CC1. The molecule has 2 rings (SSSR count). The molecule has 8 heteroatoms. The largest absolute Gasteiger partial charge is 0.471 e. The third-order valence-corrected chi connectivity index (χ3v) is 4.45. The van der Waals surface area contributed by atoms with E-state index in [4.69, 9.17) is 0 Å². The summed E-state index contributed by atoms with van der Waals surface area (Å²) in [7, 11) is 0. The predicted octanol–water partition coefficient (Wildman–Crippen LogP) is 3.05. The van der Waals surface area contributed by atoms with Crippen LogP contribution in [0.4, 0.5) is 13.2 Å². The fraction of sp³-hybridized carbons (Fsp3) is 0.500. The number of hydrogen-bond donors (Lipinski definition) is 1. The Morgan fingerprint density at radius 3 is 2.50 bits per heavy atom. The highest BCUT2D eigenvalue weighted by Crippen LogP contribution is 2.18. The number of alkyl halides is 3. The molecule has 0 aliphatic carbocycles. The van der Waals surface area contributed by atoms with Crippen molar-refractivity contribution in [3.05, 3.63) is 34.3 Å². The van der Waals surface area contributed by atoms with E-state index in [1.54, 1.807) is 4.90 Å². The van der Waals surface area contributed by atoms with E-state index < -0.39 is 18.1 Å². The third-order valence-electron chi connectivity index (χ3n) is 3.96. The number of amides is 2. The van der Waals surface area contributed by atoms with E-state index in [1.807, 2.05) is 29.6 Å². The van der Waals surface area contributed by atoms with Gasteiger partial charge in [0.15, 0.2) is 0 Å². The third kappa shape index (κ3) is 5.51. The van der Waals surface area contributed by atoms with Crippen molar-refractivity contribution in [2.45, 2.75) is 37.9 Å². The minimum absolute atomic E-state index is 0.0180. The molecule has 0 radical (unpaired) electrons. The van der Waals surface area contributed by atoms with Crippen LogP contribution >= 0.6 is 15.9 Å². The average molecular weight is 407 g/mol. The number of nitrogens with one attached hydrogen (secondary N) is 1. The highest BCUT2D eigenvalue weighted by Gasteiger charge is 2.40. The summed E-state index contributed by atoms with van der Waals surface area (Å²) >= 11 is 3.38. The minimum atomic E-state index is -4.86. The van der Waals surface area contributed by atoms with Crippen LogP contribution in [0, 0.1) is 0 Å². The van der Waals surface area contributed by atoms with Gasteiger partial charge in [-0.25, -0.2) is 0 Å². The quantitative estimate of drug-likeness (QED) is 0.835. The van der Waals surface area contributed by atoms with Crippen molar-refractivity contribution < 1.29 is 22.8 Å². The number of hydrogen-bond acceptors (Lipinski definition) is 2. The smallest absolute Gasteiger partial charge is 0.345 e. The van der Waals surface area contributed by atoms with Gasteiger partial charge in [-0.3, -0.25) is 9.59 Å². The van der Waals surface area contributed by atoms with Gasteiger partial charge in [-0.15, -0.1) is 0 Å². The van der Waals surface area contributed by atoms with Crippen LogP contribution in [0.1, 0.15) is 24.8 Å². The maximum Gasteiger partial charge on any atom is 0.471 e. The number of nitrogens with zero attached hydrogens (tertiary/aromatic N) is 1. The monoisotopic (exact) mass is 406 g/mol. The normalized spacial score (nSPS) is 16.1. The van der Waals surface area contributed by atoms with Gasteiger partial charge in [0.2, 0.25) is 5.91 Å². The van der Waals surface area contributed by atoms with Gasteiger partial charge in [0.1, 0.15) is 0 Å². The van der Waals surface area contributed by atoms with E-state index in [-0.39, 0.29) is 5.91 Å². The molecule has 1 N–H and O–H groups in total. The van der Waals surface area contributed by atoms with Crippen LogP contribution in [-0.2, 0) is 16.0 Å². The molecule has 1 aromatic carbocycles. The number of aryl methyl sites for hydroxylation is 1. The molecule has 1 fully saturated rings. The Kier molecular flexibility index (Phi) is 6.26. The summed E-state index contributed by atoms with van der Waals surface area (Å²) in [5, 5.41) is 1.98. The highest BCUT2D eigenvalue weighted by atomic mass is 79.9. The van der Waals surface area contributed by atoms with Crippen molar-refractivity contribution in [2.24, 2.45) is 0 Å². The van der Waals surface area contributed by atoms with Gasteiger partial charge in [0, 0.05) is 30.0 Å². The van der Waals surface area contributed by atoms with E-state index in [1.165, 1.54) is 0 Å². The van der Waals surface area contributed by atoms with Crippen molar-refractivity contribution in [1.82, 2.24) is 10.2 Å². The summed E-state index contributed by atoms with van der Waals surface area (Å²) < 4.78 is 37.6. The lowest BCUT2D eigenvalue weighted by Gasteiger charge is -2.32. The summed E-state index contributed by atoms with van der Waals surface area (Å²) in [5.74, 6) is -1.93. The predicted molar refractivity (Wildman–Crippen MR) is 86.3 cm³/mol. The van der Waals surface area contributed by atoms with Gasteiger partial charge in [-0.1, -0.05) is 28.1 Å². The van der Waals surface area contributed by atoms with Crippen molar-refractivity contribution in [3.8, 4) is 0 Å². The Labute approximate surface area is 146 Å². The van der Waals surface area contributed by atoms with Crippen molar-refractivity contribution in [3.63, 3.8) is 0 Å². The first-order valence-corrected chi connectivity index (χ1v) is 8.45. The zero-order chi connectivity index (χ0) is 17.7. The molecule has 1 aliphatic rings. The van der Waals surface area contributed by atoms with E-state index in [2.05, 4.69) is 15.9 Å². The first-order chi connectivity index (χ1) is 11.3. The van der Waals surface area contributed by atoms with E-state index in [9.17, 15) is 22.8 Å². The number of likely N-dealkylation sites (tertiary alicyclic amines) is 1. The van der Waals surface area contributed by atoms with Crippen molar-refractivity contribution >= 4 is 27.7 Å². The molecule has 24 heavy (non-hydrogen) atoms. The Bertz CT molecular complexity index is 599. The van der Waals surface area contributed by atoms with E-state index in [0.717, 1.165) is 10.0 Å². The molecular weight excluding hydrogens is 389 g/mol. The summed E-state index contributed by atoms with van der Waals surface area (Å²) in [6.45, 7) is 0.722. The van der Waals surface area contributed by atoms with Crippen molar-refractivity contribution in [1.29, 1.82) is 0 Å². The maximum atomic E-state index is 12.2. The average Bonchev–Trinajstić information content (AvgIpc) is 2.52. The molecule has 0 atom stereocenters. The molecule has 132 valence electrons. The van der Waals surface area contributed by atoms with Gasteiger partial charge in [0.05, 0.1) is 0 Å². The zero-order valence-corrected chi connectivity index (χ0v) is 14.5. The zero-order valence-electron chi connectivity index (χ0n) is 12.9. The second-order valence-electron chi connectivity index (χ2n) is 5.76. The van der Waals surface area contributed by atoms with Crippen LogP contribution in [0.3, 0.4) is 0 Å². The standard InChI is InChI=1S/C16H18BrF3N2O2/c17-12-3-1-2-11(10-12)4-5-14(23)22-8-6-13(7-9-22)21-15(24)16(18,19)20/h1-3,10,13H,4-9H2,(H,21,24). The summed E-state index contributed by atoms with van der Waals surface area (Å²) in [4.78, 5) is 24.8. The Morgan fingerprint density at radius 2 is 1.92 bits per heavy atom. The van der Waals surface area contributed by atoms with Gasteiger partial charge in [-0.2, -0.15) is 13.2 Å². The highest BCUT2D eigenvalue weighted by molar-refractivity contribution is 9.10. The van der Waals surface area contributed by atoms with Crippen LogP contribution in [0.2, 0.25) is 0 Å². The Morgan fingerprint density at radius 1 is 1.25 bits per heavy atom. The molecule has 0 unspecified atom stereocenters. The van der Waals surface area contributed by atoms with Gasteiger partial charge >= 0.3 is 12.1 Å². The molecular formula is C16H18BrF3N2O2. The molecule has 0 saturated carbocycles. The number of carbonyl (C=O) groups excluding carboxylic acids is 2. The molecule has 1 aromatic rings. The molecule has 1 aliphatic heterocycles. The van der Waals surface area contributed by atoms with Crippen LogP contribution in [0.15, 0.2) is 28.7 Å². The number of benzene rings is 1. The first-order valence-electron chi connectivity index (χ1n) is 7.65. The topological polar surface area (TPSA) is 49.4 Å². The van der Waals surface area contributed by atoms with Crippen LogP contribution < -0.4 is 5.32 Å². The van der Waals surface area contributed by atoms with Crippen LogP contribution in [0.25, 0.3) is 0 Å². The van der Waals surface area contributed by atoms with Gasteiger partial charge in [-0.05, 0) is 37.0 Å². The second-order valence-corrected chi connectivity index (χ2v) is 6.67. The van der Waals surface area contributed by atoms with Crippen LogP contribution in [-0.4, -0.2) is 42.0 Å². The fourth-order valence-electron chi connectivity index (χ4n) is 2.64. The lowest BCUT2D eigenvalue weighted by molar-refractivity contribution is -0.174. The van der Waals surface area contributed by atoms with Gasteiger partial charge in [0.25, 0.3) is 0 Å². The second kappa shape index (κ2) is 8.00. The first kappa shape index (κ1) is 18.8. The molecule has 0 aromatic heterocycles. The number of halogens is 4. The molecule has 1 heterocycles. The number of rotatable bonds is 4. The van der Waals surface area contributed by atoms with Crippen molar-refractivity contribution in [2.75, 3.05) is 13.1 Å². The maximum absolute atomic E-state index is 12.2. The molecule has 2 amide bonds. The van der Waals surface area contributed by atoms with E-state index >= 15 is 0 Å². The Balaban J connectivity index is 1.75. The fourth-order valence-corrected chi connectivity index (χ4v) is 3.09. The Hall–Kier alpha value is -1.57. The lowest BCUT2D eigenvalue weighted by atomic mass is 10.0. The minimum Gasteiger partial charge on any atom is -0.345 e. The van der Waals surface area contributed by atoms with E-state index in [0.29, 0.717) is 38.8 Å². The lowest BCUT2D eigenvalue weighted by Crippen LogP contribution is -2.49. The van der Waals surface area contributed by atoms with Gasteiger partial charge < -0.3 is 10.2 Å². The molecule has 1 saturated heterocycles. The summed E-state index contributed by atoms with van der Waals surface area (Å²) in [5.41, 5.74) is 1.05. The molecule has 0 bridgehead atoms. The summed E-state index contributed by atoms with van der Waals surface area (Å²) in [6.07, 6.45) is -3.22. The van der Waals surface area contributed by atoms with Crippen LogP contribution in [0.5, 0.6) is 0 Å². The molecule has 0 spiro atoms. The molecule has 4 nitrogen and oxygen atoms in total.